The number of halogens is 3. The first-order chi connectivity index (χ1) is 13.8. The van der Waals surface area contributed by atoms with E-state index in [4.69, 9.17) is 4.74 Å². The van der Waals surface area contributed by atoms with E-state index in [-0.39, 0.29) is 31.0 Å². The van der Waals surface area contributed by atoms with E-state index in [9.17, 15) is 22.8 Å². The predicted octanol–water partition coefficient (Wildman–Crippen LogP) is 3.45. The predicted molar refractivity (Wildman–Crippen MR) is 101 cm³/mol. The maximum Gasteiger partial charge on any atom is 0.311 e. The number of amides is 1. The van der Waals surface area contributed by atoms with Crippen LogP contribution in [-0.4, -0.2) is 37.5 Å². The summed E-state index contributed by atoms with van der Waals surface area (Å²) >= 11 is 0. The van der Waals surface area contributed by atoms with Crippen molar-refractivity contribution in [1.82, 2.24) is 4.90 Å². The Kier molecular flexibility index (Phi) is 6.10. The highest BCUT2D eigenvalue weighted by atomic mass is 19.2. The molecule has 5 nitrogen and oxygen atoms in total. The van der Waals surface area contributed by atoms with Crippen molar-refractivity contribution in [3.63, 3.8) is 0 Å². The van der Waals surface area contributed by atoms with Crippen molar-refractivity contribution in [2.24, 2.45) is 5.92 Å². The molecule has 0 spiro atoms. The summed E-state index contributed by atoms with van der Waals surface area (Å²) in [5.41, 5.74) is 1.57. The molecular weight excluding hydrogens is 385 g/mol. The number of likely N-dealkylation sites (tertiary alicyclic amines) is 1. The Balaban J connectivity index is 1.87. The summed E-state index contributed by atoms with van der Waals surface area (Å²) in [4.78, 5) is 26.5. The SMILES string of the molecule is CNc1ccc(CN2CC(C(=O)OC)C(c3cc(F)c(F)cc3F)CC2=O)cc1. The zero-order valence-electron chi connectivity index (χ0n) is 16.0. The monoisotopic (exact) mass is 406 g/mol. The Morgan fingerprint density at radius 3 is 2.41 bits per heavy atom. The number of benzene rings is 2. The van der Waals surface area contributed by atoms with Crippen LogP contribution in [0.2, 0.25) is 0 Å². The van der Waals surface area contributed by atoms with Crippen molar-refractivity contribution < 1.29 is 27.5 Å². The summed E-state index contributed by atoms with van der Waals surface area (Å²) in [5.74, 6) is -6.33. The molecule has 1 amide bonds. The number of methoxy groups -OCH3 is 1. The number of piperidine rings is 1. The molecule has 154 valence electrons. The standard InChI is InChI=1S/C21H21F3N2O3/c1-25-13-5-3-12(4-6-13)10-26-11-16(21(28)29-2)14(8-20(26)27)15-7-18(23)19(24)9-17(15)22/h3-7,9,14,16,25H,8,10-11H2,1-2H3. The lowest BCUT2D eigenvalue weighted by molar-refractivity contribution is -0.152. The van der Waals surface area contributed by atoms with E-state index in [1.54, 1.807) is 7.05 Å². The summed E-state index contributed by atoms with van der Waals surface area (Å²) in [6.07, 6.45) is -0.212. The summed E-state index contributed by atoms with van der Waals surface area (Å²) < 4.78 is 46.1. The molecule has 0 aliphatic carbocycles. The van der Waals surface area contributed by atoms with Crippen LogP contribution in [0.15, 0.2) is 36.4 Å². The molecule has 1 aliphatic heterocycles. The Bertz CT molecular complexity index is 918. The molecule has 3 rings (SSSR count). The number of carbonyl (C=O) groups is 2. The molecule has 1 N–H and O–H groups in total. The average Bonchev–Trinajstić information content (AvgIpc) is 2.72. The number of hydrogen-bond donors (Lipinski definition) is 1. The molecule has 0 radical (unpaired) electrons. The van der Waals surface area contributed by atoms with Crippen LogP contribution >= 0.6 is 0 Å². The molecule has 8 heteroatoms. The summed E-state index contributed by atoms with van der Waals surface area (Å²) in [7, 11) is 2.99. The molecule has 2 atom stereocenters. The quantitative estimate of drug-likeness (QED) is 0.611. The minimum Gasteiger partial charge on any atom is -0.469 e. The van der Waals surface area contributed by atoms with Crippen molar-refractivity contribution in [2.75, 3.05) is 26.0 Å². The highest BCUT2D eigenvalue weighted by molar-refractivity contribution is 5.83. The molecule has 0 bridgehead atoms. The van der Waals surface area contributed by atoms with Crippen LogP contribution in [0.4, 0.5) is 18.9 Å². The third kappa shape index (κ3) is 4.36. The number of rotatable bonds is 5. The average molecular weight is 406 g/mol. The van der Waals surface area contributed by atoms with Gasteiger partial charge in [-0.25, -0.2) is 13.2 Å². The molecule has 2 aromatic rings. The molecule has 2 unspecified atom stereocenters. The van der Waals surface area contributed by atoms with E-state index in [0.29, 0.717) is 12.1 Å². The van der Waals surface area contributed by atoms with Gasteiger partial charge in [-0.05, 0) is 29.3 Å². The smallest absolute Gasteiger partial charge is 0.311 e. The maximum atomic E-state index is 14.3. The van der Waals surface area contributed by atoms with Crippen LogP contribution in [0.1, 0.15) is 23.5 Å². The molecule has 29 heavy (non-hydrogen) atoms. The Morgan fingerprint density at radius 1 is 1.14 bits per heavy atom. The maximum absolute atomic E-state index is 14.3. The van der Waals surface area contributed by atoms with Crippen LogP contribution in [-0.2, 0) is 20.9 Å². The molecule has 0 aromatic heterocycles. The lowest BCUT2D eigenvalue weighted by atomic mass is 9.79. The summed E-state index contributed by atoms with van der Waals surface area (Å²) in [5, 5.41) is 3.00. The molecule has 1 heterocycles. The number of nitrogens with zero attached hydrogens (tertiary/aromatic N) is 1. The van der Waals surface area contributed by atoms with E-state index in [1.165, 1.54) is 12.0 Å². The second-order valence-corrected chi connectivity index (χ2v) is 6.95. The highest BCUT2D eigenvalue weighted by Gasteiger charge is 2.41. The number of nitrogens with one attached hydrogen (secondary N) is 1. The Morgan fingerprint density at radius 2 is 1.79 bits per heavy atom. The molecule has 1 saturated heterocycles. The number of ether oxygens (including phenoxy) is 1. The van der Waals surface area contributed by atoms with Crippen LogP contribution in [0, 0.1) is 23.4 Å². The Hall–Kier alpha value is -3.03. The van der Waals surface area contributed by atoms with E-state index in [1.807, 2.05) is 24.3 Å². The van der Waals surface area contributed by atoms with Crippen molar-refractivity contribution >= 4 is 17.6 Å². The summed E-state index contributed by atoms with van der Waals surface area (Å²) in [6, 6.07) is 8.58. The fourth-order valence-corrected chi connectivity index (χ4v) is 3.61. The molecule has 1 aliphatic rings. The van der Waals surface area contributed by atoms with Crippen LogP contribution in [0.3, 0.4) is 0 Å². The fourth-order valence-electron chi connectivity index (χ4n) is 3.61. The van der Waals surface area contributed by atoms with E-state index in [0.717, 1.165) is 11.3 Å². The first kappa shape index (κ1) is 20.7. The van der Waals surface area contributed by atoms with Gasteiger partial charge in [0.15, 0.2) is 11.6 Å². The zero-order valence-corrected chi connectivity index (χ0v) is 16.0. The van der Waals surface area contributed by atoms with Crippen molar-refractivity contribution in [3.8, 4) is 0 Å². The minimum absolute atomic E-state index is 0.0115. The first-order valence-electron chi connectivity index (χ1n) is 9.10. The van der Waals surface area contributed by atoms with Crippen LogP contribution < -0.4 is 5.32 Å². The van der Waals surface area contributed by atoms with Gasteiger partial charge in [0.25, 0.3) is 0 Å². The molecule has 0 saturated carbocycles. The van der Waals surface area contributed by atoms with Gasteiger partial charge >= 0.3 is 5.97 Å². The highest BCUT2D eigenvalue weighted by Crippen LogP contribution is 2.37. The van der Waals surface area contributed by atoms with Gasteiger partial charge in [0, 0.05) is 44.2 Å². The van der Waals surface area contributed by atoms with Gasteiger partial charge < -0.3 is 15.0 Å². The van der Waals surface area contributed by atoms with Gasteiger partial charge in [-0.15, -0.1) is 0 Å². The number of esters is 1. The Labute approximate surface area is 166 Å². The third-order valence-electron chi connectivity index (χ3n) is 5.21. The van der Waals surface area contributed by atoms with Crippen LogP contribution in [0.25, 0.3) is 0 Å². The molecule has 1 fully saturated rings. The van der Waals surface area contributed by atoms with Crippen molar-refractivity contribution in [3.05, 3.63) is 65.0 Å². The first-order valence-corrected chi connectivity index (χ1v) is 9.10. The second kappa shape index (κ2) is 8.55. The summed E-state index contributed by atoms with van der Waals surface area (Å²) in [6.45, 7) is 0.256. The number of anilines is 1. The largest absolute Gasteiger partial charge is 0.469 e. The van der Waals surface area contributed by atoms with Gasteiger partial charge in [-0.3, -0.25) is 9.59 Å². The molecule has 2 aromatic carbocycles. The lowest BCUT2D eigenvalue weighted by Gasteiger charge is -2.37. The topological polar surface area (TPSA) is 58.6 Å². The lowest BCUT2D eigenvalue weighted by Crippen LogP contribution is -2.46. The third-order valence-corrected chi connectivity index (χ3v) is 5.21. The minimum atomic E-state index is -1.32. The molecular formula is C21H21F3N2O3. The van der Waals surface area contributed by atoms with E-state index in [2.05, 4.69) is 5.32 Å². The normalized spacial score (nSPS) is 19.2. The van der Waals surface area contributed by atoms with Crippen molar-refractivity contribution in [2.45, 2.75) is 18.9 Å². The fraction of sp³-hybridized carbons (Fsp3) is 0.333. The van der Waals surface area contributed by atoms with Gasteiger partial charge in [-0.2, -0.15) is 0 Å². The van der Waals surface area contributed by atoms with Gasteiger partial charge in [0.05, 0.1) is 13.0 Å². The van der Waals surface area contributed by atoms with E-state index < -0.39 is 35.3 Å². The second-order valence-electron chi connectivity index (χ2n) is 6.95. The van der Waals surface area contributed by atoms with Crippen LogP contribution in [0.5, 0.6) is 0 Å². The van der Waals surface area contributed by atoms with Crippen molar-refractivity contribution in [1.29, 1.82) is 0 Å². The van der Waals surface area contributed by atoms with Gasteiger partial charge in [-0.1, -0.05) is 12.1 Å². The number of hydrogen-bond acceptors (Lipinski definition) is 4. The number of carbonyl (C=O) groups excluding carboxylic acids is 2. The zero-order chi connectivity index (χ0) is 21.1. The van der Waals surface area contributed by atoms with Gasteiger partial charge in [0.1, 0.15) is 5.82 Å². The van der Waals surface area contributed by atoms with Gasteiger partial charge in [0.2, 0.25) is 5.91 Å². The van der Waals surface area contributed by atoms with E-state index >= 15 is 0 Å².